The van der Waals surface area contributed by atoms with Gasteiger partial charge in [-0.05, 0) is 18.2 Å². The molecule has 3 amide bonds. The first kappa shape index (κ1) is 11.3. The van der Waals surface area contributed by atoms with Crippen LogP contribution in [0.2, 0.25) is 0 Å². The molecule has 1 aromatic carbocycles. The molecule has 1 aliphatic heterocycles. The van der Waals surface area contributed by atoms with Crippen molar-refractivity contribution in [3.05, 3.63) is 30.0 Å². The number of carbonyl (C=O) groups is 2. The topological polar surface area (TPSA) is 89.0 Å². The molecule has 0 spiro atoms. The first-order chi connectivity index (χ1) is 9.19. The highest BCUT2D eigenvalue weighted by Gasteiger charge is 2.24. The number of hydrogen-bond donors (Lipinski definition) is 2. The average Bonchev–Trinajstić information content (AvgIpc) is 2.85. The molecule has 94 valence electrons. The van der Waals surface area contributed by atoms with Gasteiger partial charge in [0.25, 0.3) is 0 Å². The van der Waals surface area contributed by atoms with Crippen LogP contribution in [0.25, 0.3) is 10.9 Å². The van der Waals surface area contributed by atoms with Gasteiger partial charge < -0.3 is 4.98 Å². The molecule has 0 atom stereocenters. The first-order valence-electron chi connectivity index (χ1n) is 5.81. The number of rotatable bonds is 1. The predicted octanol–water partition coefficient (Wildman–Crippen LogP) is 1.49. The molecular weight excluding hydrogens is 244 g/mol. The van der Waals surface area contributed by atoms with E-state index in [9.17, 15) is 9.59 Å². The van der Waals surface area contributed by atoms with E-state index in [1.165, 1.54) is 4.90 Å². The number of urea groups is 1. The zero-order valence-electron chi connectivity index (χ0n) is 9.93. The van der Waals surface area contributed by atoms with E-state index in [4.69, 9.17) is 5.26 Å². The molecule has 2 heterocycles. The highest BCUT2D eigenvalue weighted by molar-refractivity contribution is 6.06. The number of hydrogen-bond acceptors (Lipinski definition) is 3. The van der Waals surface area contributed by atoms with Crippen molar-refractivity contribution in [1.82, 2.24) is 10.3 Å². The molecule has 1 saturated heterocycles. The Hall–Kier alpha value is -2.81. The number of carbonyl (C=O) groups excluding carboxylic acids is 2. The molecule has 2 aromatic rings. The third-order valence-corrected chi connectivity index (χ3v) is 3.14. The maximum atomic E-state index is 11.8. The Morgan fingerprint density at radius 2 is 2.16 bits per heavy atom. The number of benzene rings is 1. The Kier molecular flexibility index (Phi) is 2.46. The van der Waals surface area contributed by atoms with Crippen molar-refractivity contribution in [2.75, 3.05) is 11.4 Å². The molecule has 0 saturated carbocycles. The number of fused-ring (bicyclic) bond motifs is 1. The zero-order valence-corrected chi connectivity index (χ0v) is 9.93. The van der Waals surface area contributed by atoms with E-state index in [0.29, 0.717) is 17.8 Å². The zero-order chi connectivity index (χ0) is 13.4. The lowest BCUT2D eigenvalue weighted by Crippen LogP contribution is -2.49. The van der Waals surface area contributed by atoms with Crippen molar-refractivity contribution < 1.29 is 9.59 Å². The number of anilines is 1. The number of aromatic amines is 1. The standard InChI is InChI=1S/C13H10N4O2/c14-7-8-5-9(6-11-10(8)1-3-15-11)17-4-2-12(18)16-13(17)19/h1,3,5-6,15H,2,4H2,(H,16,18,19). The van der Waals surface area contributed by atoms with E-state index in [2.05, 4.69) is 16.4 Å². The Morgan fingerprint density at radius 3 is 2.89 bits per heavy atom. The van der Waals surface area contributed by atoms with E-state index in [1.54, 1.807) is 18.3 Å². The van der Waals surface area contributed by atoms with Crippen LogP contribution in [0.4, 0.5) is 10.5 Å². The van der Waals surface area contributed by atoms with E-state index in [-0.39, 0.29) is 12.3 Å². The van der Waals surface area contributed by atoms with E-state index in [0.717, 1.165) is 10.9 Å². The summed E-state index contributed by atoms with van der Waals surface area (Å²) in [6.45, 7) is 0.321. The van der Waals surface area contributed by atoms with Gasteiger partial charge in [-0.3, -0.25) is 15.0 Å². The number of amides is 3. The SMILES string of the molecule is N#Cc1cc(N2CCC(=O)NC2=O)cc2[nH]ccc12. The highest BCUT2D eigenvalue weighted by Crippen LogP contribution is 2.26. The second-order valence-corrected chi connectivity index (χ2v) is 4.30. The van der Waals surface area contributed by atoms with Gasteiger partial charge >= 0.3 is 6.03 Å². The monoisotopic (exact) mass is 254 g/mol. The van der Waals surface area contributed by atoms with E-state index < -0.39 is 6.03 Å². The third kappa shape index (κ3) is 1.81. The minimum atomic E-state index is -0.453. The molecule has 1 aromatic heterocycles. The van der Waals surface area contributed by atoms with Crippen LogP contribution in [0.1, 0.15) is 12.0 Å². The van der Waals surface area contributed by atoms with Crippen molar-refractivity contribution in [2.24, 2.45) is 0 Å². The Morgan fingerprint density at radius 1 is 1.32 bits per heavy atom. The lowest BCUT2D eigenvalue weighted by Gasteiger charge is -2.26. The molecule has 19 heavy (non-hydrogen) atoms. The number of aromatic nitrogens is 1. The van der Waals surface area contributed by atoms with Gasteiger partial charge in [0.1, 0.15) is 0 Å². The maximum absolute atomic E-state index is 11.8. The lowest BCUT2D eigenvalue weighted by molar-refractivity contribution is -0.120. The summed E-state index contributed by atoms with van der Waals surface area (Å²) in [5, 5.41) is 12.2. The maximum Gasteiger partial charge on any atom is 0.328 e. The highest BCUT2D eigenvalue weighted by atomic mass is 16.2. The van der Waals surface area contributed by atoms with Gasteiger partial charge in [0.05, 0.1) is 11.6 Å². The number of nitrogens with one attached hydrogen (secondary N) is 2. The fraction of sp³-hybridized carbons (Fsp3) is 0.154. The smallest absolute Gasteiger partial charge is 0.328 e. The van der Waals surface area contributed by atoms with Gasteiger partial charge in [0, 0.05) is 35.8 Å². The summed E-state index contributed by atoms with van der Waals surface area (Å²) in [6, 6.07) is 6.93. The molecule has 1 fully saturated rings. The molecule has 2 N–H and O–H groups in total. The molecule has 0 unspecified atom stereocenters. The van der Waals surface area contributed by atoms with Crippen molar-refractivity contribution in [3.63, 3.8) is 0 Å². The summed E-state index contributed by atoms with van der Waals surface area (Å²) in [5.74, 6) is -0.275. The van der Waals surface area contributed by atoms with Gasteiger partial charge in [0.15, 0.2) is 0 Å². The average molecular weight is 254 g/mol. The number of nitriles is 1. The Labute approximate surface area is 108 Å². The van der Waals surface area contributed by atoms with Crippen molar-refractivity contribution in [2.45, 2.75) is 6.42 Å². The molecule has 0 bridgehead atoms. The Bertz CT molecular complexity index is 726. The normalized spacial score (nSPS) is 15.4. The van der Waals surface area contributed by atoms with Crippen LogP contribution in [-0.4, -0.2) is 23.5 Å². The molecule has 0 radical (unpaired) electrons. The summed E-state index contributed by atoms with van der Waals surface area (Å²) in [5.41, 5.74) is 1.90. The molecule has 1 aliphatic rings. The molecule has 0 aliphatic carbocycles. The molecule has 6 heteroatoms. The van der Waals surface area contributed by atoms with Crippen LogP contribution >= 0.6 is 0 Å². The predicted molar refractivity (Wildman–Crippen MR) is 68.5 cm³/mol. The fourth-order valence-corrected chi connectivity index (χ4v) is 2.21. The van der Waals surface area contributed by atoms with Crippen LogP contribution in [0, 0.1) is 11.3 Å². The second-order valence-electron chi connectivity index (χ2n) is 4.30. The number of imide groups is 1. The second kappa shape index (κ2) is 4.14. The Balaban J connectivity index is 2.08. The molecule has 3 rings (SSSR count). The van der Waals surface area contributed by atoms with Crippen LogP contribution < -0.4 is 10.2 Å². The molecule has 6 nitrogen and oxygen atoms in total. The van der Waals surface area contributed by atoms with Crippen molar-refractivity contribution in [3.8, 4) is 6.07 Å². The van der Waals surface area contributed by atoms with E-state index in [1.807, 2.05) is 6.07 Å². The quantitative estimate of drug-likeness (QED) is 0.807. The molecular formula is C13H10N4O2. The van der Waals surface area contributed by atoms with Crippen LogP contribution in [-0.2, 0) is 4.79 Å². The summed E-state index contributed by atoms with van der Waals surface area (Å²) >= 11 is 0. The number of nitrogens with zero attached hydrogens (tertiary/aromatic N) is 2. The summed E-state index contributed by atoms with van der Waals surface area (Å²) in [7, 11) is 0. The van der Waals surface area contributed by atoms with Gasteiger partial charge in [-0.25, -0.2) is 4.79 Å². The summed E-state index contributed by atoms with van der Waals surface area (Å²) in [6.07, 6.45) is 2.01. The lowest BCUT2D eigenvalue weighted by atomic mass is 10.1. The van der Waals surface area contributed by atoms with Gasteiger partial charge in [-0.1, -0.05) is 0 Å². The fourth-order valence-electron chi connectivity index (χ4n) is 2.21. The van der Waals surface area contributed by atoms with Crippen LogP contribution in [0.3, 0.4) is 0 Å². The van der Waals surface area contributed by atoms with Crippen LogP contribution in [0.5, 0.6) is 0 Å². The van der Waals surface area contributed by atoms with Gasteiger partial charge in [0.2, 0.25) is 5.91 Å². The summed E-state index contributed by atoms with van der Waals surface area (Å²) in [4.78, 5) is 27.4. The van der Waals surface area contributed by atoms with Gasteiger partial charge in [-0.15, -0.1) is 0 Å². The number of H-pyrrole nitrogens is 1. The minimum absolute atomic E-state index is 0.260. The first-order valence-corrected chi connectivity index (χ1v) is 5.81. The van der Waals surface area contributed by atoms with E-state index >= 15 is 0 Å². The third-order valence-electron chi connectivity index (χ3n) is 3.14. The van der Waals surface area contributed by atoms with Gasteiger partial charge in [-0.2, -0.15) is 5.26 Å². The van der Waals surface area contributed by atoms with Crippen LogP contribution in [0.15, 0.2) is 24.4 Å². The van der Waals surface area contributed by atoms with Crippen molar-refractivity contribution >= 4 is 28.5 Å². The van der Waals surface area contributed by atoms with Crippen molar-refractivity contribution in [1.29, 1.82) is 5.26 Å². The largest absolute Gasteiger partial charge is 0.361 e. The minimum Gasteiger partial charge on any atom is -0.361 e. The summed E-state index contributed by atoms with van der Waals surface area (Å²) < 4.78 is 0.